The predicted molar refractivity (Wildman–Crippen MR) is 125 cm³/mol. The van der Waals surface area contributed by atoms with Gasteiger partial charge >= 0.3 is 18.3 Å². The first-order valence-corrected chi connectivity index (χ1v) is 12.1. The van der Waals surface area contributed by atoms with E-state index in [4.69, 9.17) is 23.2 Å². The smallest absolute Gasteiger partial charge is 0.329 e. The first-order chi connectivity index (χ1) is 19.1. The molecule has 1 amide bonds. The maximum absolute atomic E-state index is 13.3. The highest BCUT2D eigenvalue weighted by atomic mass is 35.5. The highest BCUT2D eigenvalue weighted by molar-refractivity contribution is 6.42. The zero-order valence-electron chi connectivity index (χ0n) is 20.1. The van der Waals surface area contributed by atoms with Gasteiger partial charge in [-0.15, -0.1) is 10.2 Å². The van der Waals surface area contributed by atoms with Crippen LogP contribution in [0.15, 0.2) is 35.4 Å². The number of hydrogen-bond acceptors (Lipinski definition) is 6. The topological polar surface area (TPSA) is 118 Å². The molecular weight excluding hydrogens is 611 g/mol. The Balaban J connectivity index is 1.51. The zero-order valence-corrected chi connectivity index (χ0v) is 21.6. The van der Waals surface area contributed by atoms with Gasteiger partial charge < -0.3 is 14.5 Å². The summed E-state index contributed by atoms with van der Waals surface area (Å²) in [6, 6.07) is 3.46. The molecule has 1 aliphatic heterocycles. The standard InChI is InChI=1S/C22H13Cl2F6N7O4/c23-13-7-14-17(38)31-8-12(37(14)16(13)24)6-11-5-10(1-2-36(11)41-20(40)22(28,29)30)18(39)34-3-4-35-15(9-34)32-33-19(35)21(25,26)27/h1-2,5,7-8H,3-4,6,9H2/p+1. The van der Waals surface area contributed by atoms with E-state index in [-0.39, 0.29) is 64.5 Å². The van der Waals surface area contributed by atoms with Crippen molar-refractivity contribution in [3.63, 3.8) is 0 Å². The lowest BCUT2D eigenvalue weighted by molar-refractivity contribution is -0.875. The Morgan fingerprint density at radius 3 is 2.51 bits per heavy atom. The van der Waals surface area contributed by atoms with Gasteiger partial charge in [-0.1, -0.05) is 23.2 Å². The summed E-state index contributed by atoms with van der Waals surface area (Å²) in [6.45, 7) is -0.737. The lowest BCUT2D eigenvalue weighted by atomic mass is 10.1. The minimum atomic E-state index is -5.35. The lowest BCUT2D eigenvalue weighted by Gasteiger charge is -2.28. The van der Waals surface area contributed by atoms with E-state index in [1.54, 1.807) is 0 Å². The minimum Gasteiger partial charge on any atom is -0.329 e. The average molecular weight is 625 g/mol. The van der Waals surface area contributed by atoms with E-state index in [9.17, 15) is 40.7 Å². The molecule has 0 saturated carbocycles. The summed E-state index contributed by atoms with van der Waals surface area (Å²) in [6.07, 6.45) is -8.33. The Morgan fingerprint density at radius 2 is 1.83 bits per heavy atom. The molecule has 19 heteroatoms. The van der Waals surface area contributed by atoms with E-state index in [1.807, 2.05) is 0 Å². The largest absolute Gasteiger partial charge is 0.498 e. The number of pyridine rings is 1. The molecule has 1 N–H and O–H groups in total. The normalized spacial score (nSPS) is 13.9. The van der Waals surface area contributed by atoms with Crippen LogP contribution >= 0.6 is 23.2 Å². The molecule has 216 valence electrons. The highest BCUT2D eigenvalue weighted by Gasteiger charge is 2.45. The third-order valence-corrected chi connectivity index (χ3v) is 6.86. The van der Waals surface area contributed by atoms with E-state index in [2.05, 4.69) is 20.0 Å². The second-order valence-electron chi connectivity index (χ2n) is 8.71. The van der Waals surface area contributed by atoms with Gasteiger partial charge in [0.15, 0.2) is 5.82 Å². The number of nitrogens with one attached hydrogen (secondary N) is 1. The molecule has 0 bridgehead atoms. The Labute approximate surface area is 233 Å². The van der Waals surface area contributed by atoms with Crippen LogP contribution in [0.4, 0.5) is 26.3 Å². The van der Waals surface area contributed by atoms with Crippen molar-refractivity contribution >= 4 is 40.6 Å². The van der Waals surface area contributed by atoms with Crippen molar-refractivity contribution in [3.05, 3.63) is 79.7 Å². The van der Waals surface area contributed by atoms with Gasteiger partial charge in [-0.2, -0.15) is 31.2 Å². The Hall–Kier alpha value is -4.12. The van der Waals surface area contributed by atoms with Crippen LogP contribution in [-0.4, -0.2) is 53.6 Å². The minimum absolute atomic E-state index is 0.0107. The molecule has 0 aromatic carbocycles. The van der Waals surface area contributed by atoms with Crippen LogP contribution in [0, 0.1) is 0 Å². The number of fused-ring (bicyclic) bond motifs is 2. The number of aromatic nitrogens is 6. The first-order valence-electron chi connectivity index (χ1n) is 11.3. The van der Waals surface area contributed by atoms with Crippen molar-refractivity contribution in [3.8, 4) is 0 Å². The second kappa shape index (κ2) is 10.1. The maximum Gasteiger partial charge on any atom is 0.498 e. The molecule has 0 saturated heterocycles. The molecule has 4 aromatic rings. The van der Waals surface area contributed by atoms with E-state index in [1.165, 1.54) is 21.6 Å². The molecule has 0 atom stereocenters. The molecule has 0 unspecified atom stereocenters. The molecule has 11 nitrogen and oxygen atoms in total. The summed E-state index contributed by atoms with van der Waals surface area (Å²) in [5.41, 5.74) is -0.639. The third kappa shape index (κ3) is 5.33. The van der Waals surface area contributed by atoms with E-state index < -0.39 is 35.6 Å². The van der Waals surface area contributed by atoms with Crippen molar-refractivity contribution in [1.29, 1.82) is 0 Å². The van der Waals surface area contributed by atoms with Crippen molar-refractivity contribution in [2.75, 3.05) is 6.54 Å². The van der Waals surface area contributed by atoms with Crippen LogP contribution in [0.3, 0.4) is 0 Å². The number of carbonyl (C=O) groups excluding carboxylic acids is 2. The van der Waals surface area contributed by atoms with Crippen molar-refractivity contribution in [1.82, 2.24) is 29.0 Å². The molecule has 5 rings (SSSR count). The Morgan fingerprint density at radius 1 is 1.10 bits per heavy atom. The van der Waals surface area contributed by atoms with Gasteiger partial charge in [-0.05, 0) is 6.07 Å². The molecule has 4 aromatic heterocycles. The number of amides is 1. The van der Waals surface area contributed by atoms with E-state index in [0.717, 1.165) is 22.9 Å². The fraction of sp³-hybridized carbons (Fsp3) is 0.273. The lowest BCUT2D eigenvalue weighted by Crippen LogP contribution is -2.53. The number of H-pyrrole nitrogens is 1. The van der Waals surface area contributed by atoms with Gasteiger partial charge in [0, 0.05) is 36.1 Å². The average Bonchev–Trinajstić information content (AvgIpc) is 3.46. The highest BCUT2D eigenvalue weighted by Crippen LogP contribution is 2.30. The van der Waals surface area contributed by atoms with Crippen LogP contribution in [0.5, 0.6) is 0 Å². The molecular formula is C22H14Cl2F6N7O4+. The van der Waals surface area contributed by atoms with Crippen molar-refractivity contribution in [2.24, 2.45) is 0 Å². The first kappa shape index (κ1) is 28.4. The molecule has 0 spiro atoms. The van der Waals surface area contributed by atoms with Gasteiger partial charge in [-0.25, -0.2) is 4.79 Å². The summed E-state index contributed by atoms with van der Waals surface area (Å²) in [5, 5.41) is 6.60. The van der Waals surface area contributed by atoms with Gasteiger partial charge in [0.05, 0.1) is 29.2 Å². The maximum atomic E-state index is 13.3. The fourth-order valence-electron chi connectivity index (χ4n) is 4.26. The van der Waals surface area contributed by atoms with Gasteiger partial charge in [0.25, 0.3) is 11.5 Å². The van der Waals surface area contributed by atoms with E-state index >= 15 is 0 Å². The summed E-state index contributed by atoms with van der Waals surface area (Å²) in [7, 11) is 0. The van der Waals surface area contributed by atoms with Gasteiger partial charge in [-0.3, -0.25) is 14.0 Å². The summed E-state index contributed by atoms with van der Waals surface area (Å²) in [4.78, 5) is 45.2. The van der Waals surface area contributed by atoms with Crippen LogP contribution in [-0.2, 0) is 30.5 Å². The number of hydrogen-bond donors (Lipinski definition) is 1. The predicted octanol–water partition coefficient (Wildman–Crippen LogP) is 2.60. The van der Waals surface area contributed by atoms with Crippen LogP contribution in [0.2, 0.25) is 10.2 Å². The number of carbonyl (C=O) groups is 2. The summed E-state index contributed by atoms with van der Waals surface area (Å²) in [5.74, 6) is -4.56. The number of aromatic amines is 1. The summed E-state index contributed by atoms with van der Waals surface area (Å²) >= 11 is 12.3. The molecule has 5 heterocycles. The molecule has 0 radical (unpaired) electrons. The number of halogens is 8. The van der Waals surface area contributed by atoms with Crippen LogP contribution in [0.1, 0.15) is 33.4 Å². The fourth-order valence-corrected chi connectivity index (χ4v) is 4.70. The molecule has 0 fully saturated rings. The molecule has 41 heavy (non-hydrogen) atoms. The Bertz CT molecular complexity index is 1760. The van der Waals surface area contributed by atoms with Crippen LogP contribution in [0.25, 0.3) is 5.52 Å². The van der Waals surface area contributed by atoms with Crippen LogP contribution < -0.4 is 15.1 Å². The van der Waals surface area contributed by atoms with Gasteiger partial charge in [0.1, 0.15) is 10.7 Å². The third-order valence-electron chi connectivity index (χ3n) is 6.10. The van der Waals surface area contributed by atoms with Crippen molar-refractivity contribution in [2.45, 2.75) is 31.9 Å². The zero-order chi connectivity index (χ0) is 29.9. The molecule has 1 aliphatic rings. The monoisotopic (exact) mass is 624 g/mol. The van der Waals surface area contributed by atoms with Crippen molar-refractivity contribution < 1.29 is 45.5 Å². The van der Waals surface area contributed by atoms with E-state index in [0.29, 0.717) is 4.73 Å². The quantitative estimate of drug-likeness (QED) is 0.275. The number of alkyl halides is 6. The number of nitrogens with zero attached hydrogens (tertiary/aromatic N) is 6. The van der Waals surface area contributed by atoms with Gasteiger partial charge in [0.2, 0.25) is 17.7 Å². The second-order valence-corrected chi connectivity index (χ2v) is 9.48. The SMILES string of the molecule is O=C(c1cc[n+](OC(=O)C(F)(F)F)c(Cc2c[nH]c(=O)c3cc(Cl)c(Cl)n23)c1)N1CCn2c(nnc2C(F)(F)F)C1. The summed E-state index contributed by atoms with van der Waals surface area (Å²) < 4.78 is 80.8. The number of rotatable bonds is 4. The Kier molecular flexibility index (Phi) is 6.97. The molecule has 0 aliphatic carbocycles.